The SMILES string of the molecule is COc1cccc(-c2c[nH]c3ccnc(N)c23)c1. The Hall–Kier alpha value is -2.49. The van der Waals surface area contributed by atoms with Crippen molar-refractivity contribution in [1.82, 2.24) is 9.97 Å². The fraction of sp³-hybridized carbons (Fsp3) is 0.0714. The van der Waals surface area contributed by atoms with E-state index in [1.165, 1.54) is 0 Å². The van der Waals surface area contributed by atoms with E-state index in [9.17, 15) is 0 Å². The molecule has 1 aromatic carbocycles. The van der Waals surface area contributed by atoms with Crippen molar-refractivity contribution in [2.75, 3.05) is 12.8 Å². The Morgan fingerprint density at radius 3 is 3.00 bits per heavy atom. The van der Waals surface area contributed by atoms with Crippen molar-refractivity contribution in [3.63, 3.8) is 0 Å². The van der Waals surface area contributed by atoms with Gasteiger partial charge in [-0.15, -0.1) is 0 Å². The molecule has 0 saturated heterocycles. The van der Waals surface area contributed by atoms with E-state index in [-0.39, 0.29) is 0 Å². The monoisotopic (exact) mass is 239 g/mol. The Bertz CT molecular complexity index is 703. The highest BCUT2D eigenvalue weighted by Gasteiger charge is 2.09. The summed E-state index contributed by atoms with van der Waals surface area (Å²) in [6.07, 6.45) is 3.64. The Kier molecular flexibility index (Phi) is 2.41. The first-order chi connectivity index (χ1) is 8.79. The first-order valence-corrected chi connectivity index (χ1v) is 5.65. The summed E-state index contributed by atoms with van der Waals surface area (Å²) in [6.45, 7) is 0. The van der Waals surface area contributed by atoms with E-state index < -0.39 is 0 Å². The van der Waals surface area contributed by atoms with Gasteiger partial charge >= 0.3 is 0 Å². The molecule has 0 aliphatic carbocycles. The van der Waals surface area contributed by atoms with Gasteiger partial charge in [0.2, 0.25) is 0 Å². The van der Waals surface area contributed by atoms with E-state index in [2.05, 4.69) is 9.97 Å². The molecule has 0 atom stereocenters. The number of aromatic amines is 1. The minimum absolute atomic E-state index is 0.534. The fourth-order valence-corrected chi connectivity index (χ4v) is 2.12. The lowest BCUT2D eigenvalue weighted by Crippen LogP contribution is -1.90. The van der Waals surface area contributed by atoms with Gasteiger partial charge in [0, 0.05) is 23.3 Å². The molecule has 0 amide bonds. The second-order valence-corrected chi connectivity index (χ2v) is 4.05. The second-order valence-electron chi connectivity index (χ2n) is 4.05. The highest BCUT2D eigenvalue weighted by molar-refractivity contribution is 6.01. The summed E-state index contributed by atoms with van der Waals surface area (Å²) in [5.41, 5.74) is 9.03. The van der Waals surface area contributed by atoms with Crippen molar-refractivity contribution >= 4 is 16.7 Å². The van der Waals surface area contributed by atoms with Crippen LogP contribution in [-0.4, -0.2) is 17.1 Å². The van der Waals surface area contributed by atoms with Crippen LogP contribution in [0.5, 0.6) is 5.75 Å². The van der Waals surface area contributed by atoms with Crippen LogP contribution in [0.4, 0.5) is 5.82 Å². The molecule has 3 aromatic rings. The molecule has 18 heavy (non-hydrogen) atoms. The lowest BCUT2D eigenvalue weighted by atomic mass is 10.1. The molecule has 0 aliphatic rings. The van der Waals surface area contributed by atoms with Gasteiger partial charge in [0.15, 0.2) is 0 Å². The van der Waals surface area contributed by atoms with E-state index in [4.69, 9.17) is 10.5 Å². The summed E-state index contributed by atoms with van der Waals surface area (Å²) in [5, 5.41) is 0.950. The lowest BCUT2D eigenvalue weighted by molar-refractivity contribution is 0.415. The Morgan fingerprint density at radius 1 is 1.28 bits per heavy atom. The minimum Gasteiger partial charge on any atom is -0.497 e. The van der Waals surface area contributed by atoms with Gasteiger partial charge in [0.25, 0.3) is 0 Å². The third-order valence-electron chi connectivity index (χ3n) is 3.00. The molecule has 2 heterocycles. The normalized spacial score (nSPS) is 10.7. The average molecular weight is 239 g/mol. The standard InChI is InChI=1S/C14H13N3O/c1-18-10-4-2-3-9(7-10)11-8-17-12-5-6-16-14(15)13(11)12/h2-8,17H,1H3,(H2,15,16). The molecule has 0 fully saturated rings. The number of hydrogen-bond acceptors (Lipinski definition) is 3. The summed E-state index contributed by atoms with van der Waals surface area (Å²) in [5.74, 6) is 1.36. The van der Waals surface area contributed by atoms with Crippen molar-refractivity contribution in [2.45, 2.75) is 0 Å². The minimum atomic E-state index is 0.534. The van der Waals surface area contributed by atoms with Gasteiger partial charge in [0.05, 0.1) is 12.6 Å². The number of pyridine rings is 1. The van der Waals surface area contributed by atoms with Crippen LogP contribution in [0.1, 0.15) is 0 Å². The van der Waals surface area contributed by atoms with Gasteiger partial charge < -0.3 is 15.5 Å². The van der Waals surface area contributed by atoms with Crippen LogP contribution < -0.4 is 10.5 Å². The number of aromatic nitrogens is 2. The van der Waals surface area contributed by atoms with Crippen molar-refractivity contribution in [3.05, 3.63) is 42.7 Å². The molecule has 2 aromatic heterocycles. The summed E-state index contributed by atoms with van der Waals surface area (Å²) >= 11 is 0. The average Bonchev–Trinajstić information content (AvgIpc) is 2.84. The number of anilines is 1. The largest absolute Gasteiger partial charge is 0.497 e. The second kappa shape index (κ2) is 4.07. The molecule has 0 spiro atoms. The number of rotatable bonds is 2. The summed E-state index contributed by atoms with van der Waals surface area (Å²) < 4.78 is 5.24. The molecule has 0 saturated carbocycles. The first-order valence-electron chi connectivity index (χ1n) is 5.65. The highest BCUT2D eigenvalue weighted by Crippen LogP contribution is 2.32. The van der Waals surface area contributed by atoms with Crippen LogP contribution in [0.2, 0.25) is 0 Å². The van der Waals surface area contributed by atoms with Crippen LogP contribution in [0, 0.1) is 0 Å². The van der Waals surface area contributed by atoms with Crippen molar-refractivity contribution in [2.24, 2.45) is 0 Å². The number of nitrogens with one attached hydrogen (secondary N) is 1. The number of benzene rings is 1. The predicted octanol–water partition coefficient (Wildman–Crippen LogP) is 2.82. The number of fused-ring (bicyclic) bond motifs is 1. The number of H-pyrrole nitrogens is 1. The summed E-state index contributed by atoms with van der Waals surface area (Å²) in [4.78, 5) is 7.34. The fourth-order valence-electron chi connectivity index (χ4n) is 2.12. The van der Waals surface area contributed by atoms with Gasteiger partial charge in [0.1, 0.15) is 11.6 Å². The third-order valence-corrected chi connectivity index (χ3v) is 3.00. The van der Waals surface area contributed by atoms with E-state index in [1.807, 2.05) is 36.5 Å². The van der Waals surface area contributed by atoms with E-state index in [1.54, 1.807) is 13.3 Å². The first kappa shape index (κ1) is 10.7. The zero-order chi connectivity index (χ0) is 12.5. The molecule has 0 bridgehead atoms. The van der Waals surface area contributed by atoms with Crippen molar-refractivity contribution in [1.29, 1.82) is 0 Å². The molecule has 3 N–H and O–H groups in total. The van der Waals surface area contributed by atoms with Gasteiger partial charge in [-0.25, -0.2) is 4.98 Å². The highest BCUT2D eigenvalue weighted by atomic mass is 16.5. The molecular formula is C14H13N3O. The van der Waals surface area contributed by atoms with Crippen LogP contribution in [0.25, 0.3) is 22.0 Å². The van der Waals surface area contributed by atoms with Crippen molar-refractivity contribution in [3.8, 4) is 16.9 Å². The van der Waals surface area contributed by atoms with E-state index in [0.717, 1.165) is 27.8 Å². The van der Waals surface area contributed by atoms with E-state index >= 15 is 0 Å². The van der Waals surface area contributed by atoms with Crippen LogP contribution in [-0.2, 0) is 0 Å². The number of methoxy groups -OCH3 is 1. The molecule has 3 rings (SSSR count). The number of nitrogens with two attached hydrogens (primary N) is 1. The molecule has 4 nitrogen and oxygen atoms in total. The predicted molar refractivity (Wildman–Crippen MR) is 72.5 cm³/mol. The van der Waals surface area contributed by atoms with Crippen LogP contribution >= 0.6 is 0 Å². The Morgan fingerprint density at radius 2 is 2.17 bits per heavy atom. The van der Waals surface area contributed by atoms with Gasteiger partial charge in [-0.05, 0) is 23.8 Å². The molecule has 90 valence electrons. The molecular weight excluding hydrogens is 226 g/mol. The molecule has 0 aliphatic heterocycles. The van der Waals surface area contributed by atoms with Crippen LogP contribution in [0.3, 0.4) is 0 Å². The van der Waals surface area contributed by atoms with Gasteiger partial charge in [-0.3, -0.25) is 0 Å². The Balaban J connectivity index is 2.25. The zero-order valence-electron chi connectivity index (χ0n) is 9.97. The summed E-state index contributed by atoms with van der Waals surface area (Å²) in [7, 11) is 1.66. The smallest absolute Gasteiger partial charge is 0.133 e. The van der Waals surface area contributed by atoms with Crippen LogP contribution in [0.15, 0.2) is 42.7 Å². The maximum Gasteiger partial charge on any atom is 0.133 e. The van der Waals surface area contributed by atoms with Gasteiger partial charge in [-0.2, -0.15) is 0 Å². The third kappa shape index (κ3) is 1.59. The zero-order valence-corrected chi connectivity index (χ0v) is 9.97. The molecule has 0 radical (unpaired) electrons. The Labute approximate surface area is 104 Å². The van der Waals surface area contributed by atoms with Gasteiger partial charge in [-0.1, -0.05) is 12.1 Å². The number of ether oxygens (including phenoxy) is 1. The number of nitrogen functional groups attached to an aromatic ring is 1. The van der Waals surface area contributed by atoms with Crippen molar-refractivity contribution < 1.29 is 4.74 Å². The molecule has 0 unspecified atom stereocenters. The molecule has 4 heteroatoms. The topological polar surface area (TPSA) is 63.9 Å². The lowest BCUT2D eigenvalue weighted by Gasteiger charge is -2.04. The quantitative estimate of drug-likeness (QED) is 0.722. The summed E-state index contributed by atoms with van der Waals surface area (Å²) in [6, 6.07) is 9.79. The number of nitrogens with zero attached hydrogens (tertiary/aromatic N) is 1. The number of hydrogen-bond donors (Lipinski definition) is 2. The van der Waals surface area contributed by atoms with E-state index in [0.29, 0.717) is 5.82 Å². The maximum absolute atomic E-state index is 5.95. The maximum atomic E-state index is 5.95.